The van der Waals surface area contributed by atoms with E-state index in [0.717, 1.165) is 10.9 Å². The predicted molar refractivity (Wildman–Crippen MR) is 89.2 cm³/mol. The lowest BCUT2D eigenvalue weighted by Gasteiger charge is -2.08. The molecule has 3 aromatic rings. The molecule has 0 atom stereocenters. The van der Waals surface area contributed by atoms with Gasteiger partial charge in [0.25, 0.3) is 0 Å². The monoisotopic (exact) mass is 324 g/mol. The summed E-state index contributed by atoms with van der Waals surface area (Å²) in [6.45, 7) is 2.49. The lowest BCUT2D eigenvalue weighted by Crippen LogP contribution is -2.04. The molecule has 0 spiro atoms. The van der Waals surface area contributed by atoms with Gasteiger partial charge >= 0.3 is 11.6 Å². The standard InChI is InChI=1S/C19H16O5/c1-2-22-19(21)14-5-3-13(4-6-14)12-23-16-8-9-17-15(11-16)7-10-18(20)24-17/h3-11H,2,12H2,1H3. The molecule has 0 aliphatic heterocycles. The molecule has 0 saturated heterocycles. The Balaban J connectivity index is 1.68. The van der Waals surface area contributed by atoms with Crippen LogP contribution in [0, 0.1) is 0 Å². The molecular weight excluding hydrogens is 308 g/mol. The Labute approximate surface area is 138 Å². The molecule has 0 amide bonds. The molecule has 0 bridgehead atoms. The number of rotatable bonds is 5. The fraction of sp³-hybridized carbons (Fsp3) is 0.158. The summed E-state index contributed by atoms with van der Waals surface area (Å²) in [5.41, 5.74) is 1.59. The largest absolute Gasteiger partial charge is 0.489 e. The summed E-state index contributed by atoms with van der Waals surface area (Å²) in [5, 5.41) is 0.796. The molecule has 0 aliphatic rings. The van der Waals surface area contributed by atoms with E-state index in [9.17, 15) is 9.59 Å². The van der Waals surface area contributed by atoms with Crippen LogP contribution in [0.1, 0.15) is 22.8 Å². The molecule has 0 saturated carbocycles. The van der Waals surface area contributed by atoms with E-state index in [0.29, 0.717) is 30.1 Å². The zero-order valence-electron chi connectivity index (χ0n) is 13.2. The molecule has 2 aromatic carbocycles. The number of carbonyl (C=O) groups is 1. The number of benzene rings is 2. The highest BCUT2D eigenvalue weighted by molar-refractivity contribution is 5.89. The van der Waals surface area contributed by atoms with Gasteiger partial charge in [0.15, 0.2) is 0 Å². The second-order valence-corrected chi connectivity index (χ2v) is 5.16. The summed E-state index contributed by atoms with van der Waals surface area (Å²) < 4.78 is 15.8. The van der Waals surface area contributed by atoms with Crippen LogP contribution in [0.25, 0.3) is 11.0 Å². The van der Waals surface area contributed by atoms with Crippen molar-refractivity contribution in [1.29, 1.82) is 0 Å². The Morgan fingerprint density at radius 2 is 1.83 bits per heavy atom. The molecule has 24 heavy (non-hydrogen) atoms. The van der Waals surface area contributed by atoms with Crippen LogP contribution in [0.2, 0.25) is 0 Å². The minimum absolute atomic E-state index is 0.332. The van der Waals surface area contributed by atoms with Crippen molar-refractivity contribution in [3.8, 4) is 5.75 Å². The van der Waals surface area contributed by atoms with Crippen LogP contribution in [0.15, 0.2) is 63.8 Å². The fourth-order valence-corrected chi connectivity index (χ4v) is 2.26. The van der Waals surface area contributed by atoms with Crippen molar-refractivity contribution in [3.05, 3.63) is 76.1 Å². The maximum Gasteiger partial charge on any atom is 0.338 e. The van der Waals surface area contributed by atoms with Gasteiger partial charge in [0.1, 0.15) is 17.9 Å². The van der Waals surface area contributed by atoms with E-state index >= 15 is 0 Å². The number of hydrogen-bond donors (Lipinski definition) is 0. The van der Waals surface area contributed by atoms with E-state index in [1.807, 2.05) is 18.2 Å². The normalized spacial score (nSPS) is 10.5. The van der Waals surface area contributed by atoms with Crippen LogP contribution in [-0.4, -0.2) is 12.6 Å². The van der Waals surface area contributed by atoms with E-state index in [1.54, 1.807) is 37.3 Å². The molecular formula is C19H16O5. The summed E-state index contributed by atoms with van der Waals surface area (Å²) >= 11 is 0. The quantitative estimate of drug-likeness (QED) is 0.530. The van der Waals surface area contributed by atoms with Crippen molar-refractivity contribution in [2.24, 2.45) is 0 Å². The van der Waals surface area contributed by atoms with Gasteiger partial charge in [-0.1, -0.05) is 12.1 Å². The number of esters is 1. The highest BCUT2D eigenvalue weighted by Gasteiger charge is 2.06. The molecule has 122 valence electrons. The predicted octanol–water partition coefficient (Wildman–Crippen LogP) is 3.55. The van der Waals surface area contributed by atoms with Crippen LogP contribution in [0.4, 0.5) is 0 Å². The zero-order valence-corrected chi connectivity index (χ0v) is 13.2. The first-order valence-electron chi connectivity index (χ1n) is 7.58. The second-order valence-electron chi connectivity index (χ2n) is 5.16. The van der Waals surface area contributed by atoms with Crippen LogP contribution in [0.5, 0.6) is 5.75 Å². The van der Waals surface area contributed by atoms with E-state index in [-0.39, 0.29) is 11.6 Å². The number of carbonyl (C=O) groups excluding carboxylic acids is 1. The molecule has 1 aromatic heterocycles. The van der Waals surface area contributed by atoms with Gasteiger partial charge < -0.3 is 13.9 Å². The first-order chi connectivity index (χ1) is 11.7. The van der Waals surface area contributed by atoms with Crippen LogP contribution in [0.3, 0.4) is 0 Å². The molecule has 0 aliphatic carbocycles. The first kappa shape index (κ1) is 15.8. The smallest absolute Gasteiger partial charge is 0.338 e. The van der Waals surface area contributed by atoms with E-state index < -0.39 is 0 Å². The summed E-state index contributed by atoms with van der Waals surface area (Å²) in [6.07, 6.45) is 0. The minimum atomic E-state index is -0.377. The summed E-state index contributed by atoms with van der Waals surface area (Å²) in [5.74, 6) is 0.340. The lowest BCUT2D eigenvalue weighted by molar-refractivity contribution is 0.0526. The van der Waals surface area contributed by atoms with Crippen molar-refractivity contribution in [3.63, 3.8) is 0 Å². The Bertz CT molecular complexity index is 909. The second kappa shape index (κ2) is 7.00. The van der Waals surface area contributed by atoms with Crippen molar-refractivity contribution in [1.82, 2.24) is 0 Å². The highest BCUT2D eigenvalue weighted by atomic mass is 16.5. The average Bonchev–Trinajstić information content (AvgIpc) is 2.60. The Kier molecular flexibility index (Phi) is 4.61. The average molecular weight is 324 g/mol. The Morgan fingerprint density at radius 3 is 2.58 bits per heavy atom. The highest BCUT2D eigenvalue weighted by Crippen LogP contribution is 2.20. The molecule has 3 rings (SSSR count). The number of ether oxygens (including phenoxy) is 2. The molecule has 0 radical (unpaired) electrons. The SMILES string of the molecule is CCOC(=O)c1ccc(COc2ccc3oc(=O)ccc3c2)cc1. The maximum absolute atomic E-state index is 11.6. The number of hydrogen-bond acceptors (Lipinski definition) is 5. The van der Waals surface area contributed by atoms with E-state index in [4.69, 9.17) is 13.9 Å². The zero-order chi connectivity index (χ0) is 16.9. The van der Waals surface area contributed by atoms with Crippen LogP contribution >= 0.6 is 0 Å². The third-order valence-corrected chi connectivity index (χ3v) is 3.46. The van der Waals surface area contributed by atoms with Crippen molar-refractivity contribution in [2.45, 2.75) is 13.5 Å². The topological polar surface area (TPSA) is 65.7 Å². The van der Waals surface area contributed by atoms with Gasteiger partial charge in [-0.25, -0.2) is 9.59 Å². The maximum atomic E-state index is 11.6. The van der Waals surface area contributed by atoms with E-state index in [2.05, 4.69) is 0 Å². The van der Waals surface area contributed by atoms with E-state index in [1.165, 1.54) is 6.07 Å². The molecule has 0 N–H and O–H groups in total. The van der Waals surface area contributed by atoms with Gasteiger partial charge in [-0.05, 0) is 48.9 Å². The van der Waals surface area contributed by atoms with Gasteiger partial charge in [0.2, 0.25) is 0 Å². The minimum Gasteiger partial charge on any atom is -0.489 e. The van der Waals surface area contributed by atoms with Gasteiger partial charge in [0, 0.05) is 11.5 Å². The third-order valence-electron chi connectivity index (χ3n) is 3.46. The molecule has 5 heteroatoms. The van der Waals surface area contributed by atoms with Crippen molar-refractivity contribution in [2.75, 3.05) is 6.61 Å². The van der Waals surface area contributed by atoms with Crippen molar-refractivity contribution >= 4 is 16.9 Å². The summed E-state index contributed by atoms with van der Waals surface area (Å²) in [6, 6.07) is 15.4. The number of fused-ring (bicyclic) bond motifs is 1. The van der Waals surface area contributed by atoms with Gasteiger partial charge in [-0.15, -0.1) is 0 Å². The molecule has 0 unspecified atom stereocenters. The summed E-state index contributed by atoms with van der Waals surface area (Å²) in [7, 11) is 0. The molecule has 5 nitrogen and oxygen atoms in total. The first-order valence-corrected chi connectivity index (χ1v) is 7.58. The fourth-order valence-electron chi connectivity index (χ4n) is 2.26. The third kappa shape index (κ3) is 3.63. The van der Waals surface area contributed by atoms with Gasteiger partial charge in [-0.2, -0.15) is 0 Å². The van der Waals surface area contributed by atoms with Crippen LogP contribution in [-0.2, 0) is 11.3 Å². The van der Waals surface area contributed by atoms with Crippen molar-refractivity contribution < 1.29 is 18.7 Å². The molecule has 0 fully saturated rings. The van der Waals surface area contributed by atoms with Gasteiger partial charge in [-0.3, -0.25) is 0 Å². The van der Waals surface area contributed by atoms with Crippen LogP contribution < -0.4 is 10.4 Å². The van der Waals surface area contributed by atoms with Gasteiger partial charge in [0.05, 0.1) is 12.2 Å². The lowest BCUT2D eigenvalue weighted by atomic mass is 10.1. The molecule has 1 heterocycles. The Morgan fingerprint density at radius 1 is 1.04 bits per heavy atom. The Hall–Kier alpha value is -3.08. The summed E-state index contributed by atoms with van der Waals surface area (Å²) in [4.78, 5) is 22.8.